The van der Waals surface area contributed by atoms with E-state index in [2.05, 4.69) is 20.3 Å². The number of H-pyrrole nitrogens is 1. The van der Waals surface area contributed by atoms with E-state index >= 15 is 0 Å². The number of aromatic amines is 1. The molecular formula is C15H17F2N5O. The largest absolute Gasteiger partial charge is 0.335 e. The Labute approximate surface area is 132 Å². The van der Waals surface area contributed by atoms with Crippen molar-refractivity contribution < 1.29 is 13.6 Å². The number of nitrogens with one attached hydrogen (secondary N) is 1. The maximum Gasteiger partial charge on any atom is 0.276 e. The van der Waals surface area contributed by atoms with Gasteiger partial charge in [-0.05, 0) is 13.0 Å². The van der Waals surface area contributed by atoms with E-state index in [9.17, 15) is 13.6 Å². The maximum absolute atomic E-state index is 13.9. The van der Waals surface area contributed by atoms with E-state index in [1.165, 1.54) is 18.3 Å². The van der Waals surface area contributed by atoms with Gasteiger partial charge in [-0.2, -0.15) is 15.4 Å². The minimum atomic E-state index is -0.582. The first kappa shape index (κ1) is 15.5. The number of carbonyl (C=O) groups is 1. The topological polar surface area (TPSA) is 65.1 Å². The predicted octanol–water partition coefficient (Wildman–Crippen LogP) is 1.60. The lowest BCUT2D eigenvalue weighted by Gasteiger charge is -2.38. The summed E-state index contributed by atoms with van der Waals surface area (Å²) in [4.78, 5) is 16.0. The number of nitrogens with zero attached hydrogens (tertiary/aromatic N) is 4. The molecule has 0 saturated carbocycles. The van der Waals surface area contributed by atoms with Crippen molar-refractivity contribution in [1.82, 2.24) is 25.2 Å². The van der Waals surface area contributed by atoms with Gasteiger partial charge in [0.15, 0.2) is 5.69 Å². The molecule has 6 nitrogen and oxygen atoms in total. The molecule has 2 heterocycles. The average Bonchev–Trinajstić information content (AvgIpc) is 3.08. The lowest BCUT2D eigenvalue weighted by atomic mass is 10.1. The van der Waals surface area contributed by atoms with E-state index in [0.29, 0.717) is 31.7 Å². The van der Waals surface area contributed by atoms with Crippen molar-refractivity contribution in [1.29, 1.82) is 0 Å². The van der Waals surface area contributed by atoms with Crippen LogP contribution in [0.3, 0.4) is 0 Å². The van der Waals surface area contributed by atoms with E-state index in [1.807, 2.05) is 6.92 Å². The minimum Gasteiger partial charge on any atom is -0.335 e. The molecule has 23 heavy (non-hydrogen) atoms. The lowest BCUT2D eigenvalue weighted by molar-refractivity contribution is 0.0573. The van der Waals surface area contributed by atoms with E-state index < -0.39 is 11.6 Å². The summed E-state index contributed by atoms with van der Waals surface area (Å²) in [5.41, 5.74) is 0.749. The highest BCUT2D eigenvalue weighted by atomic mass is 19.1. The monoisotopic (exact) mass is 321 g/mol. The highest BCUT2D eigenvalue weighted by Crippen LogP contribution is 2.24. The molecule has 1 amide bonds. The van der Waals surface area contributed by atoms with Crippen molar-refractivity contribution in [3.05, 3.63) is 47.3 Å². The first-order chi connectivity index (χ1) is 11.1. The van der Waals surface area contributed by atoms with Gasteiger partial charge in [-0.3, -0.25) is 9.69 Å². The van der Waals surface area contributed by atoms with Crippen molar-refractivity contribution in [2.75, 3.05) is 26.2 Å². The number of carbonyl (C=O) groups excluding carboxylic acids is 1. The predicted molar refractivity (Wildman–Crippen MR) is 78.6 cm³/mol. The summed E-state index contributed by atoms with van der Waals surface area (Å²) >= 11 is 0. The first-order valence-electron chi connectivity index (χ1n) is 7.40. The van der Waals surface area contributed by atoms with Gasteiger partial charge in [0.2, 0.25) is 0 Å². The maximum atomic E-state index is 13.9. The van der Waals surface area contributed by atoms with Crippen molar-refractivity contribution >= 4 is 5.91 Å². The Hall–Kier alpha value is -2.35. The van der Waals surface area contributed by atoms with Gasteiger partial charge >= 0.3 is 0 Å². The molecule has 0 aliphatic carbocycles. The summed E-state index contributed by atoms with van der Waals surface area (Å²) in [5, 5.41) is 9.84. The number of piperazine rings is 1. The molecule has 8 heteroatoms. The number of rotatable bonds is 3. The molecule has 0 spiro atoms. The highest BCUT2D eigenvalue weighted by Gasteiger charge is 2.27. The Bertz CT molecular complexity index is 683. The van der Waals surface area contributed by atoms with Gasteiger partial charge in [0.1, 0.15) is 11.6 Å². The van der Waals surface area contributed by atoms with Crippen molar-refractivity contribution in [2.24, 2.45) is 0 Å². The summed E-state index contributed by atoms with van der Waals surface area (Å²) in [5.74, 6) is -1.29. The third-order valence-corrected chi connectivity index (χ3v) is 4.20. The second-order valence-corrected chi connectivity index (χ2v) is 5.53. The Morgan fingerprint density at radius 1 is 1.26 bits per heavy atom. The molecule has 1 aromatic carbocycles. The lowest BCUT2D eigenvalue weighted by Crippen LogP contribution is -2.49. The smallest absolute Gasteiger partial charge is 0.276 e. The summed E-state index contributed by atoms with van der Waals surface area (Å²) in [6.45, 7) is 4.16. The zero-order chi connectivity index (χ0) is 16.4. The Balaban J connectivity index is 1.63. The number of benzene rings is 1. The molecule has 122 valence electrons. The molecule has 0 radical (unpaired) electrons. The molecule has 1 atom stereocenters. The summed E-state index contributed by atoms with van der Waals surface area (Å²) in [6.07, 6.45) is 1.39. The van der Waals surface area contributed by atoms with Gasteiger partial charge in [0, 0.05) is 43.9 Å². The van der Waals surface area contributed by atoms with Crippen LogP contribution in [0.4, 0.5) is 8.78 Å². The van der Waals surface area contributed by atoms with Crippen LogP contribution in [0.15, 0.2) is 24.4 Å². The second kappa shape index (κ2) is 6.41. The van der Waals surface area contributed by atoms with Crippen molar-refractivity contribution in [2.45, 2.75) is 13.0 Å². The van der Waals surface area contributed by atoms with Gasteiger partial charge in [-0.1, -0.05) is 6.07 Å². The highest BCUT2D eigenvalue weighted by molar-refractivity contribution is 5.91. The first-order valence-corrected chi connectivity index (χ1v) is 7.40. The third-order valence-electron chi connectivity index (χ3n) is 4.20. The van der Waals surface area contributed by atoms with Crippen LogP contribution in [0.25, 0.3) is 0 Å². The number of halogens is 2. The van der Waals surface area contributed by atoms with Crippen LogP contribution < -0.4 is 0 Å². The number of hydrogen-bond acceptors (Lipinski definition) is 4. The third kappa shape index (κ3) is 3.21. The van der Waals surface area contributed by atoms with E-state index in [4.69, 9.17) is 0 Å². The quantitative estimate of drug-likeness (QED) is 0.933. The van der Waals surface area contributed by atoms with Crippen LogP contribution in [-0.2, 0) is 0 Å². The second-order valence-electron chi connectivity index (χ2n) is 5.53. The number of amides is 1. The minimum absolute atomic E-state index is 0.168. The molecule has 2 aromatic rings. The number of hydrogen-bond donors (Lipinski definition) is 1. The zero-order valence-electron chi connectivity index (χ0n) is 12.7. The molecule has 1 aromatic heterocycles. The Morgan fingerprint density at radius 3 is 2.61 bits per heavy atom. The zero-order valence-corrected chi connectivity index (χ0v) is 12.7. The molecule has 3 rings (SSSR count). The van der Waals surface area contributed by atoms with Crippen LogP contribution in [-0.4, -0.2) is 57.3 Å². The Morgan fingerprint density at radius 2 is 2.00 bits per heavy atom. The molecule has 1 N–H and O–H groups in total. The summed E-state index contributed by atoms with van der Waals surface area (Å²) < 4.78 is 26.9. The van der Waals surface area contributed by atoms with Crippen LogP contribution in [0.5, 0.6) is 0 Å². The van der Waals surface area contributed by atoms with Gasteiger partial charge in [-0.25, -0.2) is 8.78 Å². The van der Waals surface area contributed by atoms with Crippen LogP contribution in [0.1, 0.15) is 29.0 Å². The fourth-order valence-electron chi connectivity index (χ4n) is 2.82. The van der Waals surface area contributed by atoms with Gasteiger partial charge in [-0.15, -0.1) is 0 Å². The fourth-order valence-corrected chi connectivity index (χ4v) is 2.82. The van der Waals surface area contributed by atoms with Crippen molar-refractivity contribution in [3.8, 4) is 0 Å². The van der Waals surface area contributed by atoms with E-state index in [-0.39, 0.29) is 17.6 Å². The van der Waals surface area contributed by atoms with Gasteiger partial charge < -0.3 is 4.90 Å². The molecule has 0 unspecified atom stereocenters. The summed E-state index contributed by atoms with van der Waals surface area (Å²) in [7, 11) is 0. The van der Waals surface area contributed by atoms with Crippen LogP contribution >= 0.6 is 0 Å². The molecule has 1 aliphatic heterocycles. The molecule has 1 aliphatic rings. The fraction of sp³-hybridized carbons (Fsp3) is 0.400. The average molecular weight is 321 g/mol. The molecular weight excluding hydrogens is 304 g/mol. The Kier molecular flexibility index (Phi) is 4.33. The van der Waals surface area contributed by atoms with Crippen molar-refractivity contribution in [3.63, 3.8) is 0 Å². The summed E-state index contributed by atoms with van der Waals surface area (Å²) in [6, 6.07) is 3.46. The molecule has 1 fully saturated rings. The molecule has 1 saturated heterocycles. The normalized spacial score (nSPS) is 17.3. The standard InChI is InChI=1S/C15H17F2N5O/c1-10(12-3-2-11(16)8-13(12)17)21-4-6-22(7-5-21)15(23)14-9-18-20-19-14/h2-3,8-10H,4-7H2,1H3,(H,18,19,20)/t10-/m1/s1. The van der Waals surface area contributed by atoms with Gasteiger partial charge in [0.05, 0.1) is 6.20 Å². The SMILES string of the molecule is C[C@H](c1ccc(F)cc1F)N1CCN(C(=O)c2cn[nH]n2)CC1. The van der Waals surface area contributed by atoms with Crippen LogP contribution in [0.2, 0.25) is 0 Å². The van der Waals surface area contributed by atoms with E-state index in [1.54, 1.807) is 4.90 Å². The molecule has 0 bridgehead atoms. The van der Waals surface area contributed by atoms with Gasteiger partial charge in [0.25, 0.3) is 5.91 Å². The van der Waals surface area contributed by atoms with Crippen LogP contribution in [0, 0.1) is 11.6 Å². The van der Waals surface area contributed by atoms with E-state index in [0.717, 1.165) is 6.07 Å². The number of aromatic nitrogens is 3.